The topological polar surface area (TPSA) is 64.3 Å². The number of nitrogens with two attached hydrogens (primary N) is 1. The minimum Gasteiger partial charge on any atom is -0.383 e. The van der Waals surface area contributed by atoms with Crippen LogP contribution in [0.3, 0.4) is 0 Å². The average Bonchev–Trinajstić information content (AvgIpc) is 2.94. The van der Waals surface area contributed by atoms with Crippen molar-refractivity contribution >= 4 is 29.7 Å². The largest absolute Gasteiger partial charge is 0.383 e. The summed E-state index contributed by atoms with van der Waals surface area (Å²) >= 11 is 1.66. The van der Waals surface area contributed by atoms with Gasteiger partial charge in [-0.05, 0) is 35.9 Å². The van der Waals surface area contributed by atoms with E-state index in [4.69, 9.17) is 10.5 Å². The van der Waals surface area contributed by atoms with E-state index in [1.807, 2.05) is 23.6 Å². The molecule has 23 heavy (non-hydrogen) atoms. The molecule has 6 heteroatoms. The van der Waals surface area contributed by atoms with Crippen LogP contribution in [-0.2, 0) is 16.0 Å². The molecule has 2 unspecified atom stereocenters. The summed E-state index contributed by atoms with van der Waals surface area (Å²) in [4.78, 5) is 13.4. The van der Waals surface area contributed by atoms with Crippen LogP contribution in [0.5, 0.6) is 0 Å². The molecule has 0 aliphatic rings. The SMILES string of the molecule is COCC(N)C(=O)NC(Cc1ccccc1)c1sccc1C.Cl. The number of rotatable bonds is 7. The second-order valence-corrected chi connectivity index (χ2v) is 6.23. The summed E-state index contributed by atoms with van der Waals surface area (Å²) in [5, 5.41) is 5.11. The maximum Gasteiger partial charge on any atom is 0.239 e. The second kappa shape index (κ2) is 9.67. The third-order valence-electron chi connectivity index (χ3n) is 3.50. The lowest BCUT2D eigenvalue weighted by Crippen LogP contribution is -2.45. The summed E-state index contributed by atoms with van der Waals surface area (Å²) in [6.07, 6.45) is 0.744. The molecule has 1 heterocycles. The van der Waals surface area contributed by atoms with E-state index in [1.54, 1.807) is 11.3 Å². The number of amides is 1. The number of ether oxygens (including phenoxy) is 1. The number of carbonyl (C=O) groups excluding carboxylic acids is 1. The molecule has 126 valence electrons. The Morgan fingerprint density at radius 3 is 2.57 bits per heavy atom. The number of hydrogen-bond acceptors (Lipinski definition) is 4. The van der Waals surface area contributed by atoms with Gasteiger partial charge in [0.15, 0.2) is 0 Å². The molecule has 2 atom stereocenters. The molecule has 0 bridgehead atoms. The number of methoxy groups -OCH3 is 1. The molecule has 2 aromatic rings. The minimum atomic E-state index is -0.649. The molecule has 0 aliphatic heterocycles. The Morgan fingerprint density at radius 1 is 1.30 bits per heavy atom. The fraction of sp³-hybridized carbons (Fsp3) is 0.353. The fourth-order valence-corrected chi connectivity index (χ4v) is 3.31. The van der Waals surface area contributed by atoms with Crippen molar-refractivity contribution in [1.29, 1.82) is 0 Å². The van der Waals surface area contributed by atoms with E-state index in [0.29, 0.717) is 0 Å². The highest BCUT2D eigenvalue weighted by molar-refractivity contribution is 7.10. The molecular weight excluding hydrogens is 332 g/mol. The molecule has 1 aromatic carbocycles. The molecule has 1 amide bonds. The van der Waals surface area contributed by atoms with E-state index >= 15 is 0 Å². The molecule has 1 aromatic heterocycles. The quantitative estimate of drug-likeness (QED) is 0.803. The first-order chi connectivity index (χ1) is 10.6. The predicted molar refractivity (Wildman–Crippen MR) is 97.2 cm³/mol. The first-order valence-corrected chi connectivity index (χ1v) is 8.12. The first kappa shape index (κ1) is 19.6. The maximum absolute atomic E-state index is 12.2. The summed E-state index contributed by atoms with van der Waals surface area (Å²) in [6.45, 7) is 2.28. The van der Waals surface area contributed by atoms with Crippen molar-refractivity contribution in [3.63, 3.8) is 0 Å². The van der Waals surface area contributed by atoms with Gasteiger partial charge >= 0.3 is 0 Å². The lowest BCUT2D eigenvalue weighted by atomic mass is 10.0. The summed E-state index contributed by atoms with van der Waals surface area (Å²) in [5.74, 6) is -0.185. The molecular formula is C17H23ClN2O2S. The van der Waals surface area contributed by atoms with Crippen molar-refractivity contribution in [2.45, 2.75) is 25.4 Å². The zero-order valence-corrected chi connectivity index (χ0v) is 15.0. The van der Waals surface area contributed by atoms with Crippen LogP contribution >= 0.6 is 23.7 Å². The molecule has 0 spiro atoms. The summed E-state index contributed by atoms with van der Waals surface area (Å²) < 4.78 is 4.96. The zero-order chi connectivity index (χ0) is 15.9. The molecule has 2 rings (SSSR count). The Bertz CT molecular complexity index is 604. The molecule has 0 radical (unpaired) electrons. The molecule has 4 nitrogen and oxygen atoms in total. The van der Waals surface area contributed by atoms with E-state index in [9.17, 15) is 4.79 Å². The van der Waals surface area contributed by atoms with Crippen LogP contribution < -0.4 is 11.1 Å². The lowest BCUT2D eigenvalue weighted by molar-refractivity contribution is -0.124. The van der Waals surface area contributed by atoms with Crippen LogP contribution in [0.4, 0.5) is 0 Å². The van der Waals surface area contributed by atoms with Gasteiger partial charge in [0.05, 0.1) is 12.6 Å². The highest BCUT2D eigenvalue weighted by Gasteiger charge is 2.21. The van der Waals surface area contributed by atoms with Gasteiger partial charge in [0, 0.05) is 12.0 Å². The number of benzene rings is 1. The van der Waals surface area contributed by atoms with Crippen molar-refractivity contribution in [2.24, 2.45) is 5.73 Å². The van der Waals surface area contributed by atoms with Gasteiger partial charge in [0.25, 0.3) is 0 Å². The molecule has 0 fully saturated rings. The predicted octanol–water partition coefficient (Wildman–Crippen LogP) is 2.85. The van der Waals surface area contributed by atoms with Gasteiger partial charge in [-0.2, -0.15) is 0 Å². The van der Waals surface area contributed by atoms with Gasteiger partial charge in [-0.1, -0.05) is 30.3 Å². The van der Waals surface area contributed by atoms with E-state index in [0.717, 1.165) is 6.42 Å². The van der Waals surface area contributed by atoms with Crippen LogP contribution in [0.25, 0.3) is 0 Å². The number of nitrogens with one attached hydrogen (secondary N) is 1. The Balaban J connectivity index is 0.00000264. The van der Waals surface area contributed by atoms with Crippen LogP contribution in [0.15, 0.2) is 41.8 Å². The van der Waals surface area contributed by atoms with Gasteiger partial charge in [-0.25, -0.2) is 0 Å². The van der Waals surface area contributed by atoms with Gasteiger partial charge in [0.1, 0.15) is 6.04 Å². The van der Waals surface area contributed by atoms with Crippen molar-refractivity contribution in [3.8, 4) is 0 Å². The monoisotopic (exact) mass is 354 g/mol. The summed E-state index contributed by atoms with van der Waals surface area (Å²) in [7, 11) is 1.54. The van der Waals surface area contributed by atoms with Crippen molar-refractivity contribution in [3.05, 3.63) is 57.8 Å². The van der Waals surface area contributed by atoms with Crippen molar-refractivity contribution in [1.82, 2.24) is 5.32 Å². The molecule has 0 aliphatic carbocycles. The van der Waals surface area contributed by atoms with E-state index in [-0.39, 0.29) is 31.0 Å². The van der Waals surface area contributed by atoms with Gasteiger partial charge in [-0.15, -0.1) is 23.7 Å². The highest BCUT2D eigenvalue weighted by atomic mass is 35.5. The Labute approximate surface area is 147 Å². The van der Waals surface area contributed by atoms with Crippen molar-refractivity contribution < 1.29 is 9.53 Å². The van der Waals surface area contributed by atoms with E-state index in [1.165, 1.54) is 23.1 Å². The number of halogens is 1. The summed E-state index contributed by atoms with van der Waals surface area (Å²) in [6, 6.07) is 11.5. The van der Waals surface area contributed by atoms with Crippen LogP contribution in [0.2, 0.25) is 0 Å². The van der Waals surface area contributed by atoms with E-state index < -0.39 is 6.04 Å². The molecule has 3 N–H and O–H groups in total. The third-order valence-corrected chi connectivity index (χ3v) is 4.63. The highest BCUT2D eigenvalue weighted by Crippen LogP contribution is 2.27. The third kappa shape index (κ3) is 5.62. The summed E-state index contributed by atoms with van der Waals surface area (Å²) in [5.41, 5.74) is 8.20. The standard InChI is InChI=1S/C17H22N2O2S.ClH/c1-12-8-9-22-16(12)15(10-13-6-4-3-5-7-13)19-17(20)14(18)11-21-2;/h3-9,14-15H,10-11,18H2,1-2H3,(H,19,20);1H. The Kier molecular flexibility index (Phi) is 8.26. The zero-order valence-electron chi connectivity index (χ0n) is 13.3. The van der Waals surface area contributed by atoms with Gasteiger partial charge < -0.3 is 15.8 Å². The van der Waals surface area contributed by atoms with Crippen molar-refractivity contribution in [2.75, 3.05) is 13.7 Å². The molecule has 0 saturated carbocycles. The second-order valence-electron chi connectivity index (χ2n) is 5.28. The minimum absolute atomic E-state index is 0. The molecule has 0 saturated heterocycles. The van der Waals surface area contributed by atoms with Crippen LogP contribution in [-0.4, -0.2) is 25.7 Å². The first-order valence-electron chi connectivity index (χ1n) is 7.24. The number of carbonyl (C=O) groups is 1. The lowest BCUT2D eigenvalue weighted by Gasteiger charge is -2.21. The van der Waals surface area contributed by atoms with Gasteiger partial charge in [-0.3, -0.25) is 4.79 Å². The van der Waals surface area contributed by atoms with Gasteiger partial charge in [0.2, 0.25) is 5.91 Å². The van der Waals surface area contributed by atoms with E-state index in [2.05, 4.69) is 30.4 Å². The maximum atomic E-state index is 12.2. The Hall–Kier alpha value is -1.40. The normalized spacial score (nSPS) is 13.0. The van der Waals surface area contributed by atoms with Crippen LogP contribution in [0.1, 0.15) is 22.0 Å². The smallest absolute Gasteiger partial charge is 0.239 e. The number of thiophene rings is 1. The van der Waals surface area contributed by atoms with Crippen LogP contribution in [0, 0.1) is 6.92 Å². The Morgan fingerprint density at radius 2 is 2.00 bits per heavy atom. The fourth-order valence-electron chi connectivity index (χ4n) is 2.33. The number of aryl methyl sites for hydroxylation is 1. The average molecular weight is 355 g/mol. The number of hydrogen-bond donors (Lipinski definition) is 2.